The Morgan fingerprint density at radius 3 is 2.33 bits per heavy atom. The van der Waals surface area contributed by atoms with Crippen molar-refractivity contribution in [3.05, 3.63) is 86.6 Å². The van der Waals surface area contributed by atoms with Gasteiger partial charge in [0.25, 0.3) is 0 Å². The van der Waals surface area contributed by atoms with Crippen molar-refractivity contribution in [3.63, 3.8) is 0 Å². The Kier molecular flexibility index (Phi) is 7.63. The minimum Gasteiger partial charge on any atom is -0.507 e. The molecule has 2 aliphatic heterocycles. The lowest BCUT2D eigenvalue weighted by Gasteiger charge is -2.49. The molecule has 4 amide bonds. The summed E-state index contributed by atoms with van der Waals surface area (Å²) in [5.74, 6) is -9.37. The fraction of sp³-hybridized carbons (Fsp3) is 0.286. The predicted octanol–water partition coefficient (Wildman–Crippen LogP) is 5.79. The van der Waals surface area contributed by atoms with E-state index in [9.17, 15) is 43.7 Å². The van der Waals surface area contributed by atoms with Crippen molar-refractivity contribution in [2.45, 2.75) is 25.7 Å². The summed E-state index contributed by atoms with van der Waals surface area (Å²) in [5.41, 5.74) is -0.579. The molecule has 252 valence electrons. The van der Waals surface area contributed by atoms with Crippen molar-refractivity contribution >= 4 is 68.5 Å². The molecule has 0 aromatic heterocycles. The average Bonchev–Trinajstić information content (AvgIpc) is 3.42. The SMILES string of the molecule is COc1cc(C2C3=CCC4C(=O)N(c5ccc(C(=O)O)c(O)c5)C(=O)C4C3CC3C(=O)N(c4ccc(F)c(Cl)c4)C(=O)C32C)cc(Br)c1O. The highest BCUT2D eigenvalue weighted by Gasteiger charge is 2.67. The van der Waals surface area contributed by atoms with E-state index in [-0.39, 0.29) is 45.2 Å². The van der Waals surface area contributed by atoms with Gasteiger partial charge >= 0.3 is 5.97 Å². The number of imide groups is 2. The number of aromatic hydroxyl groups is 2. The zero-order valence-corrected chi connectivity index (χ0v) is 28.2. The van der Waals surface area contributed by atoms with E-state index >= 15 is 0 Å². The lowest BCUT2D eigenvalue weighted by molar-refractivity contribution is -0.131. The number of hydrogen-bond donors (Lipinski definition) is 3. The molecule has 49 heavy (non-hydrogen) atoms. The van der Waals surface area contributed by atoms with Crippen LogP contribution in [-0.4, -0.2) is 52.0 Å². The molecular weight excluding hydrogens is 727 g/mol. The molecule has 6 unspecified atom stereocenters. The molecule has 11 nitrogen and oxygen atoms in total. The summed E-state index contributed by atoms with van der Waals surface area (Å²) < 4.78 is 19.8. The first-order valence-electron chi connectivity index (χ1n) is 15.2. The molecule has 3 N–H and O–H groups in total. The fourth-order valence-corrected chi connectivity index (χ4v) is 8.91. The smallest absolute Gasteiger partial charge is 0.339 e. The maximum atomic E-state index is 14.6. The zero-order chi connectivity index (χ0) is 35.3. The Morgan fingerprint density at radius 1 is 0.980 bits per heavy atom. The van der Waals surface area contributed by atoms with Gasteiger partial charge in [0.1, 0.15) is 17.1 Å². The summed E-state index contributed by atoms with van der Waals surface area (Å²) in [5, 5.41) is 30.0. The molecule has 3 aromatic rings. The quantitative estimate of drug-likeness (QED) is 0.216. The third kappa shape index (κ3) is 4.62. The van der Waals surface area contributed by atoms with Crippen LogP contribution in [0.25, 0.3) is 0 Å². The summed E-state index contributed by atoms with van der Waals surface area (Å²) in [7, 11) is 1.37. The lowest BCUT2D eigenvalue weighted by atomic mass is 9.51. The van der Waals surface area contributed by atoms with Crippen LogP contribution in [0.15, 0.2) is 64.7 Å². The van der Waals surface area contributed by atoms with E-state index < -0.39 is 81.7 Å². The third-order valence-corrected chi connectivity index (χ3v) is 11.4. The summed E-state index contributed by atoms with van der Waals surface area (Å²) in [6.07, 6.45) is 1.99. The molecule has 2 aliphatic carbocycles. The number of aromatic carboxylic acids is 1. The number of nitrogens with zero attached hydrogens (tertiary/aromatic N) is 2. The number of carbonyl (C=O) groups excluding carboxylic acids is 4. The molecule has 2 saturated heterocycles. The van der Waals surface area contributed by atoms with E-state index in [2.05, 4.69) is 15.9 Å². The first-order valence-corrected chi connectivity index (χ1v) is 16.4. The second-order valence-corrected chi connectivity index (χ2v) is 14.1. The van der Waals surface area contributed by atoms with Gasteiger partial charge in [-0.25, -0.2) is 19.0 Å². The summed E-state index contributed by atoms with van der Waals surface area (Å²) in [6.45, 7) is 1.67. The topological polar surface area (TPSA) is 162 Å². The third-order valence-electron chi connectivity index (χ3n) is 10.5. The van der Waals surface area contributed by atoms with Gasteiger partial charge in [-0.05, 0) is 89.6 Å². The molecule has 4 aliphatic rings. The number of phenols is 2. The van der Waals surface area contributed by atoms with Gasteiger partial charge in [-0.15, -0.1) is 0 Å². The molecule has 14 heteroatoms. The van der Waals surface area contributed by atoms with Crippen LogP contribution in [0.5, 0.6) is 17.2 Å². The van der Waals surface area contributed by atoms with Crippen LogP contribution in [0.1, 0.15) is 41.6 Å². The van der Waals surface area contributed by atoms with E-state index in [1.54, 1.807) is 19.1 Å². The number of ether oxygens (including phenoxy) is 1. The molecular formula is C35H27BrClFN2O9. The summed E-state index contributed by atoms with van der Waals surface area (Å²) in [6, 6.07) is 10.2. The van der Waals surface area contributed by atoms with E-state index in [1.807, 2.05) is 6.08 Å². The first kappa shape index (κ1) is 32.8. The number of rotatable bonds is 5. The minimum atomic E-state index is -1.43. The predicted molar refractivity (Wildman–Crippen MR) is 176 cm³/mol. The number of carboxylic acid groups (broad SMARTS) is 1. The van der Waals surface area contributed by atoms with Crippen LogP contribution in [0.2, 0.25) is 5.02 Å². The maximum Gasteiger partial charge on any atom is 0.339 e. The number of halogens is 3. The van der Waals surface area contributed by atoms with E-state index in [0.717, 1.165) is 28.0 Å². The van der Waals surface area contributed by atoms with Gasteiger partial charge in [-0.2, -0.15) is 0 Å². The number of allylic oxidation sites excluding steroid dienone is 2. The normalized spacial score (nSPS) is 27.5. The molecule has 0 bridgehead atoms. The van der Waals surface area contributed by atoms with Gasteiger partial charge in [-0.3, -0.25) is 19.2 Å². The highest BCUT2D eigenvalue weighted by molar-refractivity contribution is 9.10. The Balaban J connectivity index is 1.37. The molecule has 3 aromatic carbocycles. The van der Waals surface area contributed by atoms with E-state index in [4.69, 9.17) is 16.3 Å². The van der Waals surface area contributed by atoms with Crippen molar-refractivity contribution in [2.24, 2.45) is 29.1 Å². The number of amides is 4. The number of carbonyl (C=O) groups is 5. The first-order chi connectivity index (χ1) is 23.2. The highest BCUT2D eigenvalue weighted by atomic mass is 79.9. The van der Waals surface area contributed by atoms with Gasteiger partial charge in [-0.1, -0.05) is 23.3 Å². The van der Waals surface area contributed by atoms with Crippen LogP contribution in [0.4, 0.5) is 15.8 Å². The number of carboxylic acids is 1. The Labute approximate surface area is 291 Å². The monoisotopic (exact) mass is 752 g/mol. The Bertz CT molecular complexity index is 2070. The number of benzene rings is 3. The molecule has 6 atom stereocenters. The second kappa shape index (κ2) is 11.4. The number of methoxy groups -OCH3 is 1. The molecule has 0 spiro atoms. The summed E-state index contributed by atoms with van der Waals surface area (Å²) in [4.78, 5) is 70.4. The summed E-state index contributed by atoms with van der Waals surface area (Å²) >= 11 is 9.42. The van der Waals surface area contributed by atoms with E-state index in [0.29, 0.717) is 11.1 Å². The van der Waals surface area contributed by atoms with Crippen molar-refractivity contribution < 1.29 is 48.4 Å². The van der Waals surface area contributed by atoms with Gasteiger partial charge in [0.2, 0.25) is 23.6 Å². The largest absolute Gasteiger partial charge is 0.507 e. The Hall–Kier alpha value is -4.75. The van der Waals surface area contributed by atoms with Crippen molar-refractivity contribution in [3.8, 4) is 17.2 Å². The van der Waals surface area contributed by atoms with Crippen molar-refractivity contribution in [1.82, 2.24) is 0 Å². The molecule has 7 rings (SSSR count). The molecule has 1 saturated carbocycles. The van der Waals surface area contributed by atoms with Crippen LogP contribution in [-0.2, 0) is 19.2 Å². The maximum absolute atomic E-state index is 14.6. The molecule has 2 heterocycles. The van der Waals surface area contributed by atoms with Gasteiger partial charge in [0, 0.05) is 12.0 Å². The van der Waals surface area contributed by atoms with Crippen molar-refractivity contribution in [2.75, 3.05) is 16.9 Å². The fourth-order valence-electron chi connectivity index (χ4n) is 8.28. The average molecular weight is 754 g/mol. The van der Waals surface area contributed by atoms with Gasteiger partial charge in [0.15, 0.2) is 11.5 Å². The van der Waals surface area contributed by atoms with Gasteiger partial charge in [0.05, 0.1) is 51.1 Å². The number of fused-ring (bicyclic) bond motifs is 4. The zero-order valence-electron chi connectivity index (χ0n) is 25.8. The number of hydrogen-bond acceptors (Lipinski definition) is 8. The Morgan fingerprint density at radius 2 is 1.67 bits per heavy atom. The standard InChI is InChI=1S/C35H27BrClFN2O9/c1-35-21(31(44)40(34(35)48)15-4-8-24(38)23(37)11-15)13-20-17(28(35)14-9-22(36)29(42)26(10-14)49-2)6-7-19-27(20)32(45)39(30(19)43)16-3-5-18(33(46)47)25(41)12-16/h3-6,8-12,19-21,27-28,41-42H,7,13H2,1-2H3,(H,46,47). The van der Waals surface area contributed by atoms with E-state index in [1.165, 1.54) is 25.3 Å². The number of anilines is 2. The molecule has 3 fully saturated rings. The highest BCUT2D eigenvalue weighted by Crippen LogP contribution is 2.64. The van der Waals surface area contributed by atoms with Crippen LogP contribution in [0, 0.1) is 34.9 Å². The molecule has 0 radical (unpaired) electrons. The van der Waals surface area contributed by atoms with Crippen LogP contribution < -0.4 is 14.5 Å². The van der Waals surface area contributed by atoms with Crippen LogP contribution in [0.3, 0.4) is 0 Å². The number of phenolic OH excluding ortho intramolecular Hbond substituents is 1. The van der Waals surface area contributed by atoms with Gasteiger partial charge < -0.3 is 20.1 Å². The van der Waals surface area contributed by atoms with Crippen LogP contribution >= 0.6 is 27.5 Å². The van der Waals surface area contributed by atoms with Crippen molar-refractivity contribution in [1.29, 1.82) is 0 Å². The second-order valence-electron chi connectivity index (χ2n) is 12.8. The minimum absolute atomic E-state index is 0.00401. The lowest BCUT2D eigenvalue weighted by Crippen LogP contribution is -2.48.